The lowest BCUT2D eigenvalue weighted by Crippen LogP contribution is -2.59. The third-order valence-electron chi connectivity index (χ3n) is 4.82. The van der Waals surface area contributed by atoms with Gasteiger partial charge in [-0.15, -0.1) is 0 Å². The topological polar surface area (TPSA) is 77.0 Å². The van der Waals surface area contributed by atoms with E-state index in [1.165, 1.54) is 0 Å². The molecule has 0 saturated heterocycles. The Balaban J connectivity index is 1.82. The van der Waals surface area contributed by atoms with E-state index >= 15 is 0 Å². The van der Waals surface area contributed by atoms with Gasteiger partial charge in [-0.1, -0.05) is 35.9 Å². The van der Waals surface area contributed by atoms with Crippen LogP contribution in [-0.4, -0.2) is 36.2 Å². The molecule has 7 heteroatoms. The van der Waals surface area contributed by atoms with E-state index in [4.69, 9.17) is 21.1 Å². The fourth-order valence-corrected chi connectivity index (χ4v) is 3.69. The average Bonchev–Trinajstić information content (AvgIpc) is 3.06. The number of rotatable bonds is 3. The number of para-hydroxylation sites is 1. The molecule has 2 aromatic rings. The Kier molecular flexibility index (Phi) is 4.36. The largest absolute Gasteiger partial charge is 0.490 e. The second-order valence-corrected chi connectivity index (χ2v) is 6.84. The molecular weight excluding hydrogens is 368 g/mol. The van der Waals surface area contributed by atoms with Gasteiger partial charge in [0.25, 0.3) is 0 Å². The monoisotopic (exact) mass is 384 g/mol. The molecule has 0 bridgehead atoms. The molecule has 0 aliphatic carbocycles. The molecule has 0 saturated carbocycles. The van der Waals surface area contributed by atoms with Crippen LogP contribution in [0.3, 0.4) is 0 Å². The maximum Gasteiger partial charge on any atom is 0.355 e. The van der Waals surface area contributed by atoms with Gasteiger partial charge in [0, 0.05) is 5.02 Å². The van der Waals surface area contributed by atoms with E-state index < -0.39 is 17.4 Å². The number of hydrogen-bond donors (Lipinski definition) is 1. The van der Waals surface area contributed by atoms with Crippen LogP contribution in [0.2, 0.25) is 5.02 Å². The van der Waals surface area contributed by atoms with Crippen LogP contribution in [0.25, 0.3) is 0 Å². The number of ether oxygens (including phenoxy) is 2. The minimum absolute atomic E-state index is 0.0442. The van der Waals surface area contributed by atoms with Gasteiger partial charge < -0.3 is 9.47 Å². The van der Waals surface area contributed by atoms with E-state index in [9.17, 15) is 9.59 Å². The number of carbonyl (C=O) groups is 2. The number of Topliss-reactive ketones (excluding diaryl/α,β-unsaturated/α-hetero) is 1. The van der Waals surface area contributed by atoms with Crippen LogP contribution >= 0.6 is 11.6 Å². The second kappa shape index (κ2) is 6.70. The smallest absolute Gasteiger partial charge is 0.355 e. The molecule has 1 N–H and O–H groups in total. The first-order chi connectivity index (χ1) is 13.1. The molecule has 0 amide bonds. The Morgan fingerprint density at radius 2 is 2.04 bits per heavy atom. The van der Waals surface area contributed by atoms with Crippen LogP contribution in [0.4, 0.5) is 0 Å². The number of ketones is 1. The van der Waals surface area contributed by atoms with Crippen molar-refractivity contribution in [2.75, 3.05) is 13.2 Å². The lowest BCUT2D eigenvalue weighted by molar-refractivity contribution is -0.135. The number of halogens is 1. The van der Waals surface area contributed by atoms with Crippen molar-refractivity contribution in [3.63, 3.8) is 0 Å². The summed E-state index contributed by atoms with van der Waals surface area (Å²) in [6, 6.07) is 14.0. The first-order valence-electron chi connectivity index (χ1n) is 8.61. The molecule has 2 aliphatic heterocycles. The summed E-state index contributed by atoms with van der Waals surface area (Å²) in [4.78, 5) is 25.9. The van der Waals surface area contributed by atoms with Crippen molar-refractivity contribution in [2.45, 2.75) is 18.4 Å². The zero-order chi connectivity index (χ0) is 19.0. The number of carbonyl (C=O) groups excluding carboxylic acids is 2. The Morgan fingerprint density at radius 1 is 1.30 bits per heavy atom. The second-order valence-electron chi connectivity index (χ2n) is 6.40. The molecule has 2 atom stereocenters. The van der Waals surface area contributed by atoms with Crippen molar-refractivity contribution in [1.29, 1.82) is 0 Å². The maximum absolute atomic E-state index is 13.4. The lowest BCUT2D eigenvalue weighted by Gasteiger charge is -2.37. The quantitative estimate of drug-likeness (QED) is 0.823. The number of esters is 1. The van der Waals surface area contributed by atoms with E-state index in [0.717, 1.165) is 5.56 Å². The molecule has 0 unspecified atom stereocenters. The van der Waals surface area contributed by atoms with Gasteiger partial charge in [0.2, 0.25) is 0 Å². The van der Waals surface area contributed by atoms with E-state index in [0.29, 0.717) is 16.3 Å². The van der Waals surface area contributed by atoms with E-state index in [1.54, 1.807) is 49.4 Å². The molecule has 0 radical (unpaired) electrons. The molecule has 0 fully saturated rings. The Hall–Kier alpha value is -2.86. The van der Waals surface area contributed by atoms with Crippen molar-refractivity contribution in [2.24, 2.45) is 5.10 Å². The van der Waals surface area contributed by atoms with Gasteiger partial charge in [-0.05, 0) is 36.8 Å². The van der Waals surface area contributed by atoms with E-state index in [-0.39, 0.29) is 24.7 Å². The third kappa shape index (κ3) is 2.77. The third-order valence-corrected chi connectivity index (χ3v) is 5.07. The standard InChI is InChI=1S/C20H17ClN2O4/c1-2-26-19(25)17-16(12-7-9-13(21)10-8-12)20(23-22-17)11-27-15-6-4-3-5-14(15)18(20)24/h3-10,16,23H,2,11H2,1H3/t16-,20-/m1/s1. The SMILES string of the molecule is CCOC(=O)C1=NN[C@]2(COc3ccccc3C2=O)[C@@H]1c1ccc(Cl)cc1. The maximum atomic E-state index is 13.4. The molecule has 6 nitrogen and oxygen atoms in total. The van der Waals surface area contributed by atoms with Crippen molar-refractivity contribution >= 4 is 29.1 Å². The van der Waals surface area contributed by atoms with Crippen LogP contribution in [0.15, 0.2) is 53.6 Å². The zero-order valence-corrected chi connectivity index (χ0v) is 15.3. The molecule has 2 aromatic carbocycles. The van der Waals surface area contributed by atoms with Crippen molar-refractivity contribution in [3.05, 3.63) is 64.7 Å². The normalized spacial score (nSPS) is 23.3. The van der Waals surface area contributed by atoms with Gasteiger partial charge in [-0.25, -0.2) is 4.79 Å². The predicted octanol–water partition coefficient (Wildman–Crippen LogP) is 2.96. The molecule has 1 spiro atoms. The lowest BCUT2D eigenvalue weighted by atomic mass is 9.72. The Labute approximate surface area is 161 Å². The average molecular weight is 385 g/mol. The van der Waals surface area contributed by atoms with Gasteiger partial charge in [0.15, 0.2) is 17.0 Å². The first kappa shape index (κ1) is 17.5. The Morgan fingerprint density at radius 3 is 2.78 bits per heavy atom. The summed E-state index contributed by atoms with van der Waals surface area (Å²) in [5.41, 5.74) is 3.01. The number of hydrogen-bond acceptors (Lipinski definition) is 6. The molecule has 4 rings (SSSR count). The number of benzene rings is 2. The number of fused-ring (bicyclic) bond motifs is 1. The molecule has 138 valence electrons. The van der Waals surface area contributed by atoms with E-state index in [2.05, 4.69) is 10.5 Å². The number of nitrogens with one attached hydrogen (secondary N) is 1. The van der Waals surface area contributed by atoms with Crippen LogP contribution < -0.4 is 10.2 Å². The highest BCUT2D eigenvalue weighted by Crippen LogP contribution is 2.42. The zero-order valence-electron chi connectivity index (χ0n) is 14.6. The summed E-state index contributed by atoms with van der Waals surface area (Å²) < 4.78 is 11.0. The fourth-order valence-electron chi connectivity index (χ4n) is 3.56. The number of hydrazone groups is 1. The van der Waals surface area contributed by atoms with Gasteiger partial charge in [0.1, 0.15) is 12.4 Å². The van der Waals surface area contributed by atoms with Gasteiger partial charge in [-0.3, -0.25) is 10.2 Å². The highest BCUT2D eigenvalue weighted by Gasteiger charge is 2.57. The number of nitrogens with zero attached hydrogens (tertiary/aromatic N) is 1. The van der Waals surface area contributed by atoms with Crippen molar-refractivity contribution in [3.8, 4) is 5.75 Å². The van der Waals surface area contributed by atoms with Crippen molar-refractivity contribution < 1.29 is 19.1 Å². The highest BCUT2D eigenvalue weighted by molar-refractivity contribution is 6.40. The van der Waals surface area contributed by atoms with Crippen LogP contribution in [0.5, 0.6) is 5.75 Å². The molecule has 0 aromatic heterocycles. The molecule has 2 aliphatic rings. The van der Waals surface area contributed by atoms with Gasteiger partial charge >= 0.3 is 5.97 Å². The minimum Gasteiger partial charge on any atom is -0.490 e. The minimum atomic E-state index is -1.22. The van der Waals surface area contributed by atoms with Crippen LogP contribution in [-0.2, 0) is 9.53 Å². The van der Waals surface area contributed by atoms with E-state index in [1.807, 2.05) is 6.07 Å². The highest BCUT2D eigenvalue weighted by atomic mass is 35.5. The summed E-state index contributed by atoms with van der Waals surface area (Å²) in [6.07, 6.45) is 0. The Bertz CT molecular complexity index is 941. The van der Waals surface area contributed by atoms with Crippen molar-refractivity contribution in [1.82, 2.24) is 5.43 Å². The van der Waals surface area contributed by atoms with Crippen LogP contribution in [0.1, 0.15) is 28.8 Å². The summed E-state index contributed by atoms with van der Waals surface area (Å²) in [6.45, 7) is 1.98. The first-order valence-corrected chi connectivity index (χ1v) is 8.98. The van der Waals surface area contributed by atoms with Gasteiger partial charge in [-0.2, -0.15) is 5.10 Å². The predicted molar refractivity (Wildman–Crippen MR) is 100 cm³/mol. The molecule has 2 heterocycles. The van der Waals surface area contributed by atoms with Gasteiger partial charge in [0.05, 0.1) is 18.1 Å². The fraction of sp³-hybridized carbons (Fsp3) is 0.250. The summed E-state index contributed by atoms with van der Waals surface area (Å²) in [7, 11) is 0. The summed E-state index contributed by atoms with van der Waals surface area (Å²) >= 11 is 6.01. The summed E-state index contributed by atoms with van der Waals surface area (Å²) in [5, 5.41) is 4.75. The molecular formula is C20H17ClN2O4. The molecule has 27 heavy (non-hydrogen) atoms. The summed E-state index contributed by atoms with van der Waals surface area (Å²) in [5.74, 6) is -0.870. The van der Waals surface area contributed by atoms with Crippen LogP contribution in [0, 0.1) is 0 Å².